The molecule has 0 spiro atoms. The van der Waals surface area contributed by atoms with Crippen LogP contribution in [0.4, 0.5) is 16.0 Å². The topological polar surface area (TPSA) is 114 Å². The van der Waals surface area contributed by atoms with Gasteiger partial charge in [-0.05, 0) is 37.9 Å². The molecule has 0 radical (unpaired) electrons. The van der Waals surface area contributed by atoms with Crippen molar-refractivity contribution in [2.24, 2.45) is 11.8 Å². The van der Waals surface area contributed by atoms with Crippen LogP contribution in [0.1, 0.15) is 39.0 Å². The van der Waals surface area contributed by atoms with Crippen molar-refractivity contribution in [1.29, 1.82) is 0 Å². The normalized spacial score (nSPS) is 20.8. The van der Waals surface area contributed by atoms with Crippen LogP contribution in [-0.2, 0) is 9.59 Å². The van der Waals surface area contributed by atoms with Crippen molar-refractivity contribution >= 4 is 35.6 Å². The first-order valence-electron chi connectivity index (χ1n) is 10.9. The summed E-state index contributed by atoms with van der Waals surface area (Å²) >= 11 is 6.03. The van der Waals surface area contributed by atoms with Gasteiger partial charge in [0.2, 0.25) is 23.4 Å². The van der Waals surface area contributed by atoms with Crippen LogP contribution in [0.5, 0.6) is 0 Å². The molecule has 178 valence electrons. The van der Waals surface area contributed by atoms with Crippen LogP contribution in [-0.4, -0.2) is 76.7 Å². The van der Waals surface area contributed by atoms with Gasteiger partial charge in [0.15, 0.2) is 11.6 Å². The Bertz CT molecular complexity index is 812. The van der Waals surface area contributed by atoms with Gasteiger partial charge in [0.05, 0.1) is 12.5 Å². The predicted molar refractivity (Wildman–Crippen MR) is 118 cm³/mol. The summed E-state index contributed by atoms with van der Waals surface area (Å²) in [6, 6.07) is 0.212. The second-order valence-electron chi connectivity index (χ2n) is 8.68. The van der Waals surface area contributed by atoms with Crippen molar-refractivity contribution in [1.82, 2.24) is 25.4 Å². The van der Waals surface area contributed by atoms with Gasteiger partial charge in [-0.15, -0.1) is 0 Å². The van der Waals surface area contributed by atoms with Crippen LogP contribution < -0.4 is 15.8 Å². The van der Waals surface area contributed by atoms with Gasteiger partial charge in [0.1, 0.15) is 0 Å². The number of hydrazine groups is 1. The van der Waals surface area contributed by atoms with Crippen LogP contribution >= 0.6 is 11.6 Å². The predicted octanol–water partition coefficient (Wildman–Crippen LogP) is 1.90. The number of halogens is 2. The molecule has 1 saturated heterocycles. The highest BCUT2D eigenvalue weighted by Gasteiger charge is 2.29. The fourth-order valence-electron chi connectivity index (χ4n) is 4.35. The molecular weight excluding hydrogens is 441 g/mol. The third kappa shape index (κ3) is 6.17. The summed E-state index contributed by atoms with van der Waals surface area (Å²) < 4.78 is 15.2. The van der Waals surface area contributed by atoms with Gasteiger partial charge in [-0.1, -0.05) is 25.7 Å². The number of likely N-dealkylation sites (N-methyl/N-ethyl adjacent to an activating group) is 1. The van der Waals surface area contributed by atoms with E-state index < -0.39 is 17.6 Å². The number of anilines is 2. The number of piperazine rings is 1. The molecule has 32 heavy (non-hydrogen) atoms. The minimum absolute atomic E-state index is 0.0756. The summed E-state index contributed by atoms with van der Waals surface area (Å²) in [4.78, 5) is 35.5. The molecule has 0 bridgehead atoms. The molecule has 2 amide bonds. The number of hydrogen-bond acceptors (Lipinski definition) is 8. The van der Waals surface area contributed by atoms with E-state index in [2.05, 4.69) is 25.7 Å². The summed E-state index contributed by atoms with van der Waals surface area (Å²) in [5, 5.41) is 9.90. The molecule has 1 aromatic heterocycles. The lowest BCUT2D eigenvalue weighted by Gasteiger charge is -2.38. The summed E-state index contributed by atoms with van der Waals surface area (Å²) in [6.07, 6.45) is 5.00. The number of hydrogen-bond donors (Lipinski definition) is 3. The number of nitrogens with zero attached hydrogens (tertiary/aromatic N) is 5. The Kier molecular flexibility index (Phi) is 8.44. The van der Waals surface area contributed by atoms with Gasteiger partial charge in [0, 0.05) is 25.7 Å². The lowest BCUT2D eigenvalue weighted by molar-refractivity contribution is -0.154. The Labute approximate surface area is 192 Å². The molecule has 1 aliphatic carbocycles. The first kappa shape index (κ1) is 24.4. The van der Waals surface area contributed by atoms with Crippen molar-refractivity contribution < 1.29 is 19.2 Å². The van der Waals surface area contributed by atoms with E-state index >= 15 is 4.39 Å². The van der Waals surface area contributed by atoms with Crippen LogP contribution in [0.3, 0.4) is 0 Å². The van der Waals surface area contributed by atoms with E-state index in [0.29, 0.717) is 30.5 Å². The fraction of sp³-hybridized carbons (Fsp3) is 0.700. The van der Waals surface area contributed by atoms with Crippen molar-refractivity contribution in [3.8, 4) is 0 Å². The Hall–Kier alpha value is -2.24. The summed E-state index contributed by atoms with van der Waals surface area (Å²) in [5.41, 5.74) is 4.97. The second kappa shape index (κ2) is 11.1. The molecule has 10 nitrogen and oxygen atoms in total. The van der Waals surface area contributed by atoms with E-state index in [0.717, 1.165) is 32.2 Å². The molecule has 1 aromatic rings. The van der Waals surface area contributed by atoms with Crippen molar-refractivity contribution in [3.05, 3.63) is 11.1 Å². The Morgan fingerprint density at radius 2 is 2.09 bits per heavy atom. The van der Waals surface area contributed by atoms with Crippen LogP contribution in [0.25, 0.3) is 0 Å². The molecule has 12 heteroatoms. The molecule has 2 aliphatic rings. The molecule has 0 unspecified atom stereocenters. The van der Waals surface area contributed by atoms with Gasteiger partial charge in [-0.2, -0.15) is 14.4 Å². The number of carbonyl (C=O) groups is 2. The van der Waals surface area contributed by atoms with E-state index in [1.54, 1.807) is 4.90 Å². The van der Waals surface area contributed by atoms with Gasteiger partial charge in [-0.3, -0.25) is 25.6 Å². The minimum Gasteiger partial charge on any atom is -0.351 e. The highest BCUT2D eigenvalue weighted by atomic mass is 35.5. The van der Waals surface area contributed by atoms with Crippen molar-refractivity contribution in [2.45, 2.75) is 45.1 Å². The number of hydroxylamine groups is 2. The molecule has 1 aliphatic heterocycles. The Morgan fingerprint density at radius 1 is 1.38 bits per heavy atom. The molecule has 2 heterocycles. The fourth-order valence-corrected chi connectivity index (χ4v) is 4.51. The van der Waals surface area contributed by atoms with E-state index in [-0.39, 0.29) is 35.9 Å². The average molecular weight is 472 g/mol. The highest BCUT2D eigenvalue weighted by molar-refractivity contribution is 6.28. The van der Waals surface area contributed by atoms with Gasteiger partial charge in [-0.25, -0.2) is 5.06 Å². The summed E-state index contributed by atoms with van der Waals surface area (Å²) in [6.45, 7) is 3.80. The maximum absolute atomic E-state index is 15.2. The first-order chi connectivity index (χ1) is 15.3. The zero-order valence-corrected chi connectivity index (χ0v) is 19.2. The second-order valence-corrected chi connectivity index (χ2v) is 9.02. The third-order valence-corrected chi connectivity index (χ3v) is 6.53. The van der Waals surface area contributed by atoms with Gasteiger partial charge >= 0.3 is 0 Å². The quantitative estimate of drug-likeness (QED) is 0.216. The zero-order chi connectivity index (χ0) is 23.3. The molecule has 2 fully saturated rings. The standard InChI is InChI=1S/C20H31ClFN7O3/c1-13-10-28(8-7-27(13)2)18-16(22)17(23-20(21)24-18)25-26-19(31)15(11-29(32)12-30)9-14-5-3-4-6-14/h12-15,32H,3-11H2,1-2H3,(H,26,31)(H,23,24,25)/t13-,15+/m0/s1. The highest BCUT2D eigenvalue weighted by Crippen LogP contribution is 2.31. The Balaban J connectivity index is 1.69. The van der Waals surface area contributed by atoms with Gasteiger partial charge in [0.25, 0.3) is 0 Å². The molecule has 2 atom stereocenters. The zero-order valence-electron chi connectivity index (χ0n) is 18.4. The molecule has 3 N–H and O–H groups in total. The SMILES string of the molecule is C[C@H]1CN(c2nc(Cl)nc(NNC(=O)[C@H](CC3CCCC3)CN(O)C=O)c2F)CCN1C. The van der Waals surface area contributed by atoms with Gasteiger partial charge < -0.3 is 9.80 Å². The Morgan fingerprint density at radius 3 is 2.75 bits per heavy atom. The van der Waals surface area contributed by atoms with Crippen LogP contribution in [0.15, 0.2) is 0 Å². The van der Waals surface area contributed by atoms with E-state index in [1.165, 1.54) is 0 Å². The van der Waals surface area contributed by atoms with Crippen LogP contribution in [0, 0.1) is 17.7 Å². The largest absolute Gasteiger partial charge is 0.351 e. The summed E-state index contributed by atoms with van der Waals surface area (Å²) in [5.74, 6) is -1.65. The van der Waals surface area contributed by atoms with Crippen molar-refractivity contribution in [2.75, 3.05) is 43.6 Å². The van der Waals surface area contributed by atoms with E-state index in [1.807, 2.05) is 14.0 Å². The molecule has 0 aromatic carbocycles. The summed E-state index contributed by atoms with van der Waals surface area (Å²) in [7, 11) is 2.01. The third-order valence-electron chi connectivity index (χ3n) is 6.36. The van der Waals surface area contributed by atoms with E-state index in [4.69, 9.17) is 11.6 Å². The minimum atomic E-state index is -0.713. The maximum atomic E-state index is 15.2. The number of rotatable bonds is 9. The maximum Gasteiger partial charge on any atom is 0.243 e. The molecule has 3 rings (SSSR count). The molecular formula is C20H31ClFN7O3. The van der Waals surface area contributed by atoms with Crippen LogP contribution in [0.2, 0.25) is 5.28 Å². The number of nitrogens with one attached hydrogen (secondary N) is 2. The van der Waals surface area contributed by atoms with Crippen molar-refractivity contribution in [3.63, 3.8) is 0 Å². The smallest absolute Gasteiger partial charge is 0.243 e. The monoisotopic (exact) mass is 471 g/mol. The number of aromatic nitrogens is 2. The first-order valence-corrected chi connectivity index (χ1v) is 11.3. The molecule has 1 saturated carbocycles. The average Bonchev–Trinajstić information content (AvgIpc) is 3.28. The number of amides is 2. The lowest BCUT2D eigenvalue weighted by Crippen LogP contribution is -2.50. The van der Waals surface area contributed by atoms with E-state index in [9.17, 15) is 14.8 Å². The lowest BCUT2D eigenvalue weighted by atomic mass is 9.92. The number of carbonyl (C=O) groups excluding carboxylic acids is 2.